The van der Waals surface area contributed by atoms with Crippen molar-refractivity contribution >= 4 is 23.9 Å². The van der Waals surface area contributed by atoms with E-state index in [4.69, 9.17) is 9.84 Å². The summed E-state index contributed by atoms with van der Waals surface area (Å²) in [5.74, 6) is -0.726. The van der Waals surface area contributed by atoms with Crippen molar-refractivity contribution in [1.82, 2.24) is 20.1 Å². The standard InChI is InChI=1S/C30H38N4O7/c1-41-28(37)16-25(23-15-22(17-31-18-23)24-6-2-3-7-26(24)35)32-29(38)21-5-4-12-34(19-21)27(36)9-8-20-10-13-33(14-11-20)30(39)40/h2-3,6-7,15,17-18,20-21,25,35H,4-5,8-14,16,19H2,1H3,(H,32,38)(H,39,40)/t21-,25?/m1/s1. The van der Waals surface area contributed by atoms with Crippen molar-refractivity contribution in [3.63, 3.8) is 0 Å². The highest BCUT2D eigenvalue weighted by atomic mass is 16.5. The molecule has 1 aromatic heterocycles. The highest BCUT2D eigenvalue weighted by Crippen LogP contribution is 2.31. The molecule has 2 aliphatic heterocycles. The van der Waals surface area contributed by atoms with E-state index in [2.05, 4.69) is 10.3 Å². The van der Waals surface area contributed by atoms with Crippen LogP contribution in [0.25, 0.3) is 11.1 Å². The maximum atomic E-state index is 13.4. The number of methoxy groups -OCH3 is 1. The second-order valence-corrected chi connectivity index (χ2v) is 10.8. The molecular formula is C30H38N4O7. The van der Waals surface area contributed by atoms with Gasteiger partial charge in [-0.05, 0) is 55.7 Å². The number of hydrogen-bond donors (Lipinski definition) is 3. The largest absolute Gasteiger partial charge is 0.507 e. The fourth-order valence-electron chi connectivity index (χ4n) is 5.62. The number of benzene rings is 1. The van der Waals surface area contributed by atoms with E-state index in [0.717, 1.165) is 12.8 Å². The minimum Gasteiger partial charge on any atom is -0.507 e. The van der Waals surface area contributed by atoms with Crippen molar-refractivity contribution in [3.8, 4) is 16.9 Å². The van der Waals surface area contributed by atoms with Gasteiger partial charge in [-0.15, -0.1) is 0 Å². The fraction of sp³-hybridized carbons (Fsp3) is 0.500. The molecule has 2 fully saturated rings. The van der Waals surface area contributed by atoms with Gasteiger partial charge in [0, 0.05) is 56.1 Å². The number of pyridine rings is 1. The summed E-state index contributed by atoms with van der Waals surface area (Å²) in [7, 11) is 1.29. The van der Waals surface area contributed by atoms with Gasteiger partial charge in [-0.25, -0.2) is 4.79 Å². The Balaban J connectivity index is 1.37. The zero-order chi connectivity index (χ0) is 29.4. The van der Waals surface area contributed by atoms with Crippen LogP contribution >= 0.6 is 0 Å². The number of rotatable bonds is 9. The number of carbonyl (C=O) groups is 4. The lowest BCUT2D eigenvalue weighted by atomic mass is 9.91. The molecule has 220 valence electrons. The summed E-state index contributed by atoms with van der Waals surface area (Å²) in [5, 5.41) is 22.4. The van der Waals surface area contributed by atoms with Crippen molar-refractivity contribution in [2.75, 3.05) is 33.3 Å². The van der Waals surface area contributed by atoms with Crippen LogP contribution in [0.3, 0.4) is 0 Å². The molecule has 2 aliphatic rings. The van der Waals surface area contributed by atoms with Crippen LogP contribution < -0.4 is 5.32 Å². The van der Waals surface area contributed by atoms with E-state index in [1.165, 1.54) is 12.0 Å². The van der Waals surface area contributed by atoms with Crippen LogP contribution in [0.15, 0.2) is 42.7 Å². The third kappa shape index (κ3) is 7.96. The van der Waals surface area contributed by atoms with Gasteiger partial charge in [0.1, 0.15) is 5.75 Å². The summed E-state index contributed by atoms with van der Waals surface area (Å²) in [6, 6.07) is 7.95. The quantitative estimate of drug-likeness (QED) is 0.390. The first-order valence-corrected chi connectivity index (χ1v) is 14.1. The minimum atomic E-state index is -0.898. The molecule has 2 atom stereocenters. The summed E-state index contributed by atoms with van der Waals surface area (Å²) < 4.78 is 4.87. The molecular weight excluding hydrogens is 528 g/mol. The highest BCUT2D eigenvalue weighted by Gasteiger charge is 2.31. The third-order valence-corrected chi connectivity index (χ3v) is 8.09. The SMILES string of the molecule is COC(=O)CC(NC(=O)[C@@H]1CCCN(C(=O)CCC2CCN(C(=O)O)CC2)C1)c1cncc(-c2ccccc2O)c1. The van der Waals surface area contributed by atoms with E-state index in [9.17, 15) is 24.3 Å². The van der Waals surface area contributed by atoms with Crippen molar-refractivity contribution in [2.45, 2.75) is 51.0 Å². The Kier molecular flexibility index (Phi) is 10.2. The van der Waals surface area contributed by atoms with Gasteiger partial charge in [0.25, 0.3) is 0 Å². The number of phenolic OH excluding ortho intramolecular Hbond substituents is 1. The lowest BCUT2D eigenvalue weighted by molar-refractivity contribution is -0.141. The molecule has 0 bridgehead atoms. The van der Waals surface area contributed by atoms with Crippen LogP contribution in [0.1, 0.15) is 56.6 Å². The molecule has 0 radical (unpaired) electrons. The molecule has 0 aliphatic carbocycles. The number of ether oxygens (including phenoxy) is 1. The summed E-state index contributed by atoms with van der Waals surface area (Å²) in [4.78, 5) is 57.2. The monoisotopic (exact) mass is 566 g/mol. The first kappa shape index (κ1) is 29.8. The molecule has 3 amide bonds. The number of nitrogens with zero attached hydrogens (tertiary/aromatic N) is 3. The lowest BCUT2D eigenvalue weighted by Gasteiger charge is -2.34. The van der Waals surface area contributed by atoms with E-state index in [1.807, 2.05) is 0 Å². The second kappa shape index (κ2) is 14.0. The average Bonchev–Trinajstić information content (AvgIpc) is 3.00. The zero-order valence-electron chi connectivity index (χ0n) is 23.3. The Hall–Kier alpha value is -4.15. The Morgan fingerprint density at radius 1 is 1.07 bits per heavy atom. The van der Waals surface area contributed by atoms with Crippen LogP contribution in [0.5, 0.6) is 5.75 Å². The number of phenols is 1. The molecule has 1 aromatic carbocycles. The molecule has 11 heteroatoms. The second-order valence-electron chi connectivity index (χ2n) is 10.8. The van der Waals surface area contributed by atoms with Crippen molar-refractivity contribution in [3.05, 3.63) is 48.3 Å². The number of likely N-dealkylation sites (tertiary alicyclic amines) is 2. The number of aromatic hydroxyl groups is 1. The maximum Gasteiger partial charge on any atom is 0.407 e. The number of para-hydroxylation sites is 1. The highest BCUT2D eigenvalue weighted by molar-refractivity contribution is 5.82. The van der Waals surface area contributed by atoms with Gasteiger partial charge in [-0.2, -0.15) is 0 Å². The average molecular weight is 567 g/mol. The smallest absolute Gasteiger partial charge is 0.407 e. The predicted octanol–water partition coefficient (Wildman–Crippen LogP) is 3.58. The van der Waals surface area contributed by atoms with Crippen molar-refractivity contribution in [1.29, 1.82) is 0 Å². The van der Waals surface area contributed by atoms with E-state index in [1.54, 1.807) is 47.6 Å². The van der Waals surface area contributed by atoms with Crippen molar-refractivity contribution < 1.29 is 34.1 Å². The molecule has 4 rings (SSSR count). The predicted molar refractivity (Wildman–Crippen MR) is 150 cm³/mol. The lowest BCUT2D eigenvalue weighted by Crippen LogP contribution is -2.46. The number of nitrogens with one attached hydrogen (secondary N) is 1. The topological polar surface area (TPSA) is 149 Å². The van der Waals surface area contributed by atoms with Crippen molar-refractivity contribution in [2.24, 2.45) is 11.8 Å². The summed E-state index contributed by atoms with van der Waals surface area (Å²) in [6.07, 6.45) is 6.12. The van der Waals surface area contributed by atoms with E-state index in [-0.39, 0.29) is 24.0 Å². The van der Waals surface area contributed by atoms with Gasteiger partial charge in [-0.3, -0.25) is 19.4 Å². The number of amides is 3. The normalized spacial score (nSPS) is 18.4. The van der Waals surface area contributed by atoms with Crippen LogP contribution in [-0.2, 0) is 19.1 Å². The van der Waals surface area contributed by atoms with E-state index >= 15 is 0 Å². The van der Waals surface area contributed by atoms with Crippen LogP contribution in [0, 0.1) is 11.8 Å². The van der Waals surface area contributed by atoms with Gasteiger partial charge >= 0.3 is 12.1 Å². The number of piperidine rings is 2. The molecule has 1 unspecified atom stereocenters. The maximum absolute atomic E-state index is 13.4. The van der Waals surface area contributed by atoms with Gasteiger partial charge in [-0.1, -0.05) is 18.2 Å². The van der Waals surface area contributed by atoms with Gasteiger partial charge in [0.2, 0.25) is 11.8 Å². The fourth-order valence-corrected chi connectivity index (χ4v) is 5.62. The van der Waals surface area contributed by atoms with Crippen LogP contribution in [-0.4, -0.2) is 82.2 Å². The summed E-state index contributed by atoms with van der Waals surface area (Å²) in [6.45, 7) is 1.90. The third-order valence-electron chi connectivity index (χ3n) is 8.09. The molecule has 11 nitrogen and oxygen atoms in total. The summed E-state index contributed by atoms with van der Waals surface area (Å²) >= 11 is 0. The van der Waals surface area contributed by atoms with Gasteiger partial charge in [0.05, 0.1) is 25.5 Å². The first-order chi connectivity index (χ1) is 19.7. The number of esters is 1. The Labute approximate surface area is 239 Å². The number of carboxylic acid groups (broad SMARTS) is 1. The molecule has 2 saturated heterocycles. The van der Waals surface area contributed by atoms with Gasteiger partial charge < -0.3 is 30.1 Å². The minimum absolute atomic E-state index is 0.00819. The Morgan fingerprint density at radius 3 is 2.54 bits per heavy atom. The Bertz CT molecular complexity index is 1240. The Morgan fingerprint density at radius 2 is 1.83 bits per heavy atom. The van der Waals surface area contributed by atoms with Crippen LogP contribution in [0.2, 0.25) is 0 Å². The summed E-state index contributed by atoms with van der Waals surface area (Å²) in [5.41, 5.74) is 1.83. The van der Waals surface area contributed by atoms with Gasteiger partial charge in [0.15, 0.2) is 0 Å². The number of aromatic nitrogens is 1. The first-order valence-electron chi connectivity index (χ1n) is 14.1. The molecule has 41 heavy (non-hydrogen) atoms. The molecule has 3 heterocycles. The number of carbonyl (C=O) groups excluding carboxylic acids is 3. The molecule has 3 N–H and O–H groups in total. The molecule has 2 aromatic rings. The molecule has 0 spiro atoms. The van der Waals surface area contributed by atoms with Crippen LogP contribution in [0.4, 0.5) is 4.79 Å². The van der Waals surface area contributed by atoms with E-state index < -0.39 is 24.0 Å². The van der Waals surface area contributed by atoms with E-state index in [0.29, 0.717) is 74.5 Å². The number of hydrogen-bond acceptors (Lipinski definition) is 7. The zero-order valence-corrected chi connectivity index (χ0v) is 23.3. The molecule has 0 saturated carbocycles.